The van der Waals surface area contributed by atoms with Crippen LogP contribution in [-0.4, -0.2) is 59.1 Å². The van der Waals surface area contributed by atoms with Crippen LogP contribution in [0.25, 0.3) is 11.0 Å². The van der Waals surface area contributed by atoms with E-state index in [1.54, 1.807) is 0 Å². The Labute approximate surface area is 208 Å². The zero-order valence-corrected chi connectivity index (χ0v) is 21.2. The second-order valence-electron chi connectivity index (χ2n) is 10.6. The molecule has 1 aromatic carbocycles. The molecule has 7 nitrogen and oxygen atoms in total. The van der Waals surface area contributed by atoms with Gasteiger partial charge in [0.1, 0.15) is 0 Å². The predicted molar refractivity (Wildman–Crippen MR) is 137 cm³/mol. The molecule has 0 unspecified atom stereocenters. The van der Waals surface area contributed by atoms with Crippen molar-refractivity contribution in [3.05, 3.63) is 24.3 Å². The monoisotopic (exact) mass is 480 g/mol. The van der Waals surface area contributed by atoms with Crippen LogP contribution in [0, 0.1) is 17.8 Å². The minimum atomic E-state index is -0.107. The third-order valence-corrected chi connectivity index (χ3v) is 8.35. The van der Waals surface area contributed by atoms with E-state index in [4.69, 9.17) is 9.72 Å². The molecule has 1 aliphatic carbocycles. The number of esters is 1. The molecule has 0 spiro atoms. The molecule has 2 aliphatic heterocycles. The van der Waals surface area contributed by atoms with Gasteiger partial charge in [0.05, 0.1) is 23.6 Å². The van der Waals surface area contributed by atoms with Gasteiger partial charge in [-0.3, -0.25) is 9.59 Å². The van der Waals surface area contributed by atoms with Crippen LogP contribution < -0.4 is 4.90 Å². The fourth-order valence-electron chi connectivity index (χ4n) is 6.29. The van der Waals surface area contributed by atoms with Gasteiger partial charge in [-0.15, -0.1) is 0 Å². The molecule has 0 bridgehead atoms. The van der Waals surface area contributed by atoms with Crippen molar-refractivity contribution in [2.45, 2.75) is 71.3 Å². The van der Waals surface area contributed by atoms with Crippen LogP contribution in [0.3, 0.4) is 0 Å². The molecular weight excluding hydrogens is 440 g/mol. The second kappa shape index (κ2) is 11.0. The minimum Gasteiger partial charge on any atom is -0.466 e. The van der Waals surface area contributed by atoms with Gasteiger partial charge in [0, 0.05) is 38.6 Å². The molecule has 190 valence electrons. The number of fused-ring (bicyclic) bond motifs is 1. The summed E-state index contributed by atoms with van der Waals surface area (Å²) >= 11 is 0. The highest BCUT2D eigenvalue weighted by Gasteiger charge is 2.34. The summed E-state index contributed by atoms with van der Waals surface area (Å²) in [5, 5.41) is 0. The van der Waals surface area contributed by atoms with Crippen molar-refractivity contribution in [2.75, 3.05) is 37.7 Å². The molecule has 5 rings (SSSR count). The number of amides is 1. The Bertz CT molecular complexity index is 1010. The summed E-state index contributed by atoms with van der Waals surface area (Å²) in [5.74, 6) is 1.99. The van der Waals surface area contributed by atoms with E-state index in [-0.39, 0.29) is 23.7 Å². The predicted octanol–water partition coefficient (Wildman–Crippen LogP) is 4.63. The zero-order valence-electron chi connectivity index (χ0n) is 21.2. The average Bonchev–Trinajstić information content (AvgIpc) is 3.27. The zero-order chi connectivity index (χ0) is 24.2. The minimum absolute atomic E-state index is 0.0574. The summed E-state index contributed by atoms with van der Waals surface area (Å²) < 4.78 is 7.62. The summed E-state index contributed by atoms with van der Waals surface area (Å²) in [6, 6.07) is 8.50. The molecule has 1 amide bonds. The third kappa shape index (κ3) is 5.34. The quantitative estimate of drug-likeness (QED) is 0.564. The van der Waals surface area contributed by atoms with Crippen molar-refractivity contribution < 1.29 is 14.3 Å². The highest BCUT2D eigenvalue weighted by Crippen LogP contribution is 2.32. The highest BCUT2D eigenvalue weighted by molar-refractivity contribution is 5.81. The van der Waals surface area contributed by atoms with E-state index in [9.17, 15) is 9.59 Å². The Kier molecular flexibility index (Phi) is 7.59. The molecule has 0 atom stereocenters. The molecule has 0 N–H and O–H groups in total. The lowest BCUT2D eigenvalue weighted by Gasteiger charge is -2.37. The van der Waals surface area contributed by atoms with Crippen molar-refractivity contribution in [1.29, 1.82) is 0 Å². The van der Waals surface area contributed by atoms with Gasteiger partial charge in [-0.2, -0.15) is 0 Å². The molecule has 1 saturated carbocycles. The van der Waals surface area contributed by atoms with E-state index in [0.717, 1.165) is 49.9 Å². The molecule has 3 aliphatic rings. The van der Waals surface area contributed by atoms with Gasteiger partial charge in [0.2, 0.25) is 11.9 Å². The largest absolute Gasteiger partial charge is 0.466 e. The summed E-state index contributed by atoms with van der Waals surface area (Å²) in [4.78, 5) is 34.7. The number of likely N-dealkylation sites (tertiary alicyclic amines) is 1. The molecule has 0 radical (unpaired) electrons. The summed E-state index contributed by atoms with van der Waals surface area (Å²) in [5.41, 5.74) is 2.30. The molecular formula is C28H40N4O3. The average molecular weight is 481 g/mol. The number of rotatable bonds is 6. The summed E-state index contributed by atoms with van der Waals surface area (Å²) in [6.45, 7) is 6.37. The van der Waals surface area contributed by atoms with Crippen molar-refractivity contribution >= 4 is 28.9 Å². The number of piperidine rings is 2. The number of imidazole rings is 1. The van der Waals surface area contributed by atoms with E-state index >= 15 is 0 Å². The normalized spacial score (nSPS) is 20.9. The van der Waals surface area contributed by atoms with Gasteiger partial charge >= 0.3 is 5.97 Å². The number of nitrogens with zero attached hydrogens (tertiary/aromatic N) is 4. The second-order valence-corrected chi connectivity index (χ2v) is 10.6. The lowest BCUT2D eigenvalue weighted by atomic mass is 9.89. The maximum Gasteiger partial charge on any atom is 0.309 e. The topological polar surface area (TPSA) is 67.7 Å². The van der Waals surface area contributed by atoms with Gasteiger partial charge in [-0.05, 0) is 63.5 Å². The van der Waals surface area contributed by atoms with Gasteiger partial charge in [0.25, 0.3) is 0 Å². The smallest absolute Gasteiger partial charge is 0.309 e. The molecule has 7 heteroatoms. The number of hydrogen-bond donors (Lipinski definition) is 0. The maximum absolute atomic E-state index is 13.2. The van der Waals surface area contributed by atoms with E-state index < -0.39 is 0 Å². The molecule has 2 aromatic rings. The first-order valence-corrected chi connectivity index (χ1v) is 13.8. The SMILES string of the molecule is CCOC(=O)C1CCN(C(=O)C2CCN(c3nc4ccccc4n3CC3CCCCC3)CC2)CC1. The summed E-state index contributed by atoms with van der Waals surface area (Å²) in [7, 11) is 0. The molecule has 2 saturated heterocycles. The van der Waals surface area contributed by atoms with E-state index in [2.05, 4.69) is 33.7 Å². The van der Waals surface area contributed by atoms with Gasteiger partial charge in [0.15, 0.2) is 0 Å². The standard InChI is InChI=1S/C28H40N4O3/c1-2-35-27(34)23-14-16-30(17-15-23)26(33)22-12-18-31(19-13-22)28-29-24-10-6-7-11-25(24)32(28)20-21-8-4-3-5-9-21/h6-7,10-11,21-23H,2-5,8-9,12-20H2,1H3. The van der Waals surface area contributed by atoms with E-state index in [1.807, 2.05) is 11.8 Å². The number of para-hydroxylation sites is 2. The van der Waals surface area contributed by atoms with Crippen LogP contribution in [0.4, 0.5) is 5.95 Å². The van der Waals surface area contributed by atoms with Gasteiger partial charge in [-0.1, -0.05) is 31.4 Å². The van der Waals surface area contributed by atoms with Gasteiger partial charge < -0.3 is 19.1 Å². The van der Waals surface area contributed by atoms with Crippen LogP contribution in [-0.2, 0) is 20.9 Å². The van der Waals surface area contributed by atoms with Crippen molar-refractivity contribution in [2.24, 2.45) is 17.8 Å². The highest BCUT2D eigenvalue weighted by atomic mass is 16.5. The number of aromatic nitrogens is 2. The molecule has 1 aromatic heterocycles. The molecule has 3 fully saturated rings. The number of benzene rings is 1. The number of carbonyl (C=O) groups is 2. The van der Waals surface area contributed by atoms with E-state index in [1.165, 1.54) is 37.6 Å². The first-order chi connectivity index (χ1) is 17.1. The number of hydrogen-bond acceptors (Lipinski definition) is 5. The first kappa shape index (κ1) is 24.1. The Hall–Kier alpha value is -2.57. The number of ether oxygens (including phenoxy) is 1. The first-order valence-electron chi connectivity index (χ1n) is 13.8. The molecule has 3 heterocycles. The van der Waals surface area contributed by atoms with Crippen molar-refractivity contribution in [1.82, 2.24) is 14.5 Å². The number of carbonyl (C=O) groups excluding carboxylic acids is 2. The third-order valence-electron chi connectivity index (χ3n) is 8.35. The van der Waals surface area contributed by atoms with Crippen molar-refractivity contribution in [3.8, 4) is 0 Å². The lowest BCUT2D eigenvalue weighted by molar-refractivity contribution is -0.151. The number of anilines is 1. The fourth-order valence-corrected chi connectivity index (χ4v) is 6.29. The van der Waals surface area contributed by atoms with Crippen LogP contribution >= 0.6 is 0 Å². The Morgan fingerprint density at radius 2 is 1.60 bits per heavy atom. The Morgan fingerprint density at radius 3 is 2.31 bits per heavy atom. The van der Waals surface area contributed by atoms with Gasteiger partial charge in [-0.25, -0.2) is 4.98 Å². The Morgan fingerprint density at radius 1 is 0.914 bits per heavy atom. The van der Waals surface area contributed by atoms with Crippen molar-refractivity contribution in [3.63, 3.8) is 0 Å². The Balaban J connectivity index is 1.21. The molecule has 35 heavy (non-hydrogen) atoms. The maximum atomic E-state index is 13.2. The van der Waals surface area contributed by atoms with Crippen LogP contribution in [0.2, 0.25) is 0 Å². The van der Waals surface area contributed by atoms with E-state index in [0.29, 0.717) is 32.5 Å². The van der Waals surface area contributed by atoms with Crippen LogP contribution in [0.5, 0.6) is 0 Å². The fraction of sp³-hybridized carbons (Fsp3) is 0.679. The summed E-state index contributed by atoms with van der Waals surface area (Å²) in [6.07, 6.45) is 9.85. The van der Waals surface area contributed by atoms with Crippen LogP contribution in [0.15, 0.2) is 24.3 Å². The van der Waals surface area contributed by atoms with Crippen LogP contribution in [0.1, 0.15) is 64.7 Å². The lowest BCUT2D eigenvalue weighted by Crippen LogP contribution is -2.46.